The summed E-state index contributed by atoms with van der Waals surface area (Å²) in [5.41, 5.74) is 4.40. The molecule has 3 rings (SSSR count). The Labute approximate surface area is 131 Å². The molecule has 2 aromatic carbocycles. The van der Waals surface area contributed by atoms with Gasteiger partial charge >= 0.3 is 0 Å². The predicted molar refractivity (Wildman–Crippen MR) is 86.1 cm³/mol. The minimum Gasteiger partial charge on any atom is -0.388 e. The third-order valence-corrected chi connectivity index (χ3v) is 4.26. The average Bonchev–Trinajstić information content (AvgIpc) is 2.98. The summed E-state index contributed by atoms with van der Waals surface area (Å²) in [5.74, 6) is 0.183. The van der Waals surface area contributed by atoms with Gasteiger partial charge in [0.15, 0.2) is 0 Å². The molecule has 0 aliphatic carbocycles. The van der Waals surface area contributed by atoms with Crippen LogP contribution in [0.25, 0.3) is 0 Å². The largest absolute Gasteiger partial charge is 0.388 e. The highest BCUT2D eigenvalue weighted by atomic mass is 16.3. The van der Waals surface area contributed by atoms with Gasteiger partial charge in [-0.3, -0.25) is 4.79 Å². The summed E-state index contributed by atoms with van der Waals surface area (Å²) in [7, 11) is 0. The quantitative estimate of drug-likeness (QED) is 0.941. The van der Waals surface area contributed by atoms with Gasteiger partial charge in [0.05, 0.1) is 6.10 Å². The fourth-order valence-corrected chi connectivity index (χ4v) is 2.98. The van der Waals surface area contributed by atoms with Gasteiger partial charge < -0.3 is 10.0 Å². The van der Waals surface area contributed by atoms with Gasteiger partial charge in [-0.2, -0.15) is 0 Å². The topological polar surface area (TPSA) is 40.5 Å². The van der Waals surface area contributed by atoms with E-state index in [0.717, 1.165) is 16.7 Å². The van der Waals surface area contributed by atoms with E-state index in [1.54, 1.807) is 0 Å². The number of carbonyl (C=O) groups is 1. The molecule has 0 radical (unpaired) electrons. The lowest BCUT2D eigenvalue weighted by molar-refractivity contribution is -0.131. The molecule has 1 heterocycles. The van der Waals surface area contributed by atoms with Crippen LogP contribution in [0, 0.1) is 0 Å². The monoisotopic (exact) mass is 295 g/mol. The number of aliphatic hydroxyl groups excluding tert-OH is 1. The molecule has 114 valence electrons. The van der Waals surface area contributed by atoms with Gasteiger partial charge in [-0.25, -0.2) is 0 Å². The molecule has 1 aliphatic heterocycles. The SMILES string of the molecule is CCC(=O)N1Cc2ccc(C(O)Cc3ccccc3)cc2C1. The molecule has 0 spiro atoms. The van der Waals surface area contributed by atoms with Gasteiger partial charge in [0.1, 0.15) is 0 Å². The van der Waals surface area contributed by atoms with Crippen molar-refractivity contribution in [3.05, 3.63) is 70.8 Å². The summed E-state index contributed by atoms with van der Waals surface area (Å²) < 4.78 is 0. The third-order valence-electron chi connectivity index (χ3n) is 4.26. The van der Waals surface area contributed by atoms with Crippen LogP contribution in [0.3, 0.4) is 0 Å². The van der Waals surface area contributed by atoms with Crippen LogP contribution in [0.4, 0.5) is 0 Å². The van der Waals surface area contributed by atoms with E-state index >= 15 is 0 Å². The first kappa shape index (κ1) is 14.8. The molecule has 0 aromatic heterocycles. The van der Waals surface area contributed by atoms with E-state index in [0.29, 0.717) is 25.9 Å². The number of aliphatic hydroxyl groups is 1. The molecule has 0 fully saturated rings. The minimum absolute atomic E-state index is 0.183. The Hall–Kier alpha value is -2.13. The lowest BCUT2D eigenvalue weighted by Gasteiger charge is -2.13. The van der Waals surface area contributed by atoms with Crippen molar-refractivity contribution in [3.63, 3.8) is 0 Å². The van der Waals surface area contributed by atoms with Gasteiger partial charge in [-0.15, -0.1) is 0 Å². The van der Waals surface area contributed by atoms with Crippen LogP contribution in [-0.4, -0.2) is 15.9 Å². The Morgan fingerprint density at radius 2 is 1.86 bits per heavy atom. The van der Waals surface area contributed by atoms with Crippen LogP contribution in [0.2, 0.25) is 0 Å². The smallest absolute Gasteiger partial charge is 0.222 e. The van der Waals surface area contributed by atoms with E-state index in [-0.39, 0.29) is 5.91 Å². The van der Waals surface area contributed by atoms with Crippen LogP contribution >= 0.6 is 0 Å². The molecule has 3 heteroatoms. The van der Waals surface area contributed by atoms with Gasteiger partial charge in [0.25, 0.3) is 0 Å². The molecule has 1 amide bonds. The van der Waals surface area contributed by atoms with Crippen LogP contribution < -0.4 is 0 Å². The Morgan fingerprint density at radius 3 is 2.59 bits per heavy atom. The second-order valence-electron chi connectivity index (χ2n) is 5.84. The molecule has 1 unspecified atom stereocenters. The fourth-order valence-electron chi connectivity index (χ4n) is 2.98. The Kier molecular flexibility index (Phi) is 4.25. The van der Waals surface area contributed by atoms with Gasteiger partial charge in [-0.05, 0) is 22.3 Å². The maximum absolute atomic E-state index is 11.8. The summed E-state index contributed by atoms with van der Waals surface area (Å²) in [4.78, 5) is 13.7. The number of nitrogens with zero attached hydrogens (tertiary/aromatic N) is 1. The molecule has 0 saturated heterocycles. The van der Waals surface area contributed by atoms with Crippen LogP contribution in [0.15, 0.2) is 48.5 Å². The summed E-state index contributed by atoms with van der Waals surface area (Å²) in [6.45, 7) is 3.24. The second kappa shape index (κ2) is 6.32. The van der Waals surface area contributed by atoms with Crippen LogP contribution in [-0.2, 0) is 24.3 Å². The highest BCUT2D eigenvalue weighted by Gasteiger charge is 2.23. The fraction of sp³-hybridized carbons (Fsp3) is 0.316. The van der Waals surface area contributed by atoms with Gasteiger partial charge in [-0.1, -0.05) is 55.5 Å². The molecule has 0 bridgehead atoms. The zero-order valence-electron chi connectivity index (χ0n) is 12.8. The van der Waals surface area contributed by atoms with Crippen molar-refractivity contribution in [2.75, 3.05) is 0 Å². The van der Waals surface area contributed by atoms with E-state index in [9.17, 15) is 9.90 Å². The number of carbonyl (C=O) groups excluding carboxylic acids is 1. The summed E-state index contributed by atoms with van der Waals surface area (Å²) in [6, 6.07) is 16.1. The standard InChI is InChI=1S/C19H21NO2/c1-2-19(22)20-12-16-9-8-15(11-17(16)13-20)18(21)10-14-6-4-3-5-7-14/h3-9,11,18,21H,2,10,12-13H2,1H3. The van der Waals surface area contributed by atoms with E-state index in [1.165, 1.54) is 5.56 Å². The molecule has 22 heavy (non-hydrogen) atoms. The number of fused-ring (bicyclic) bond motifs is 1. The van der Waals surface area contributed by atoms with E-state index < -0.39 is 6.10 Å². The number of rotatable bonds is 4. The summed E-state index contributed by atoms with van der Waals surface area (Å²) >= 11 is 0. The molecule has 1 N–H and O–H groups in total. The van der Waals surface area contributed by atoms with Crippen molar-refractivity contribution < 1.29 is 9.90 Å². The molecule has 1 aliphatic rings. The normalized spacial score (nSPS) is 14.7. The number of benzene rings is 2. The van der Waals surface area contributed by atoms with Crippen molar-refractivity contribution in [1.82, 2.24) is 4.90 Å². The lowest BCUT2D eigenvalue weighted by Crippen LogP contribution is -2.23. The third kappa shape index (κ3) is 3.04. The lowest BCUT2D eigenvalue weighted by atomic mass is 9.98. The number of hydrogen-bond acceptors (Lipinski definition) is 2. The predicted octanol–water partition coefficient (Wildman–Crippen LogP) is 3.21. The summed E-state index contributed by atoms with van der Waals surface area (Å²) in [6.07, 6.45) is 0.637. The molecule has 2 aromatic rings. The Balaban J connectivity index is 1.74. The zero-order valence-corrected chi connectivity index (χ0v) is 12.8. The van der Waals surface area contributed by atoms with E-state index in [2.05, 4.69) is 0 Å². The van der Waals surface area contributed by atoms with E-state index in [4.69, 9.17) is 0 Å². The molecular formula is C19H21NO2. The van der Waals surface area contributed by atoms with Crippen LogP contribution in [0.5, 0.6) is 0 Å². The second-order valence-corrected chi connectivity index (χ2v) is 5.84. The Bertz CT molecular complexity index is 666. The van der Waals surface area contributed by atoms with Crippen LogP contribution in [0.1, 0.15) is 41.7 Å². The molecular weight excluding hydrogens is 274 g/mol. The van der Waals surface area contributed by atoms with Crippen molar-refractivity contribution in [3.8, 4) is 0 Å². The molecule has 0 saturated carbocycles. The van der Waals surface area contributed by atoms with Crippen molar-refractivity contribution in [2.45, 2.75) is 39.0 Å². The first-order valence-electron chi connectivity index (χ1n) is 7.79. The summed E-state index contributed by atoms with van der Waals surface area (Å²) in [5, 5.41) is 10.4. The first-order valence-corrected chi connectivity index (χ1v) is 7.79. The first-order chi connectivity index (χ1) is 10.7. The van der Waals surface area contributed by atoms with Crippen molar-refractivity contribution in [1.29, 1.82) is 0 Å². The Morgan fingerprint density at radius 1 is 1.14 bits per heavy atom. The maximum atomic E-state index is 11.8. The average molecular weight is 295 g/mol. The zero-order chi connectivity index (χ0) is 15.5. The minimum atomic E-state index is -0.511. The van der Waals surface area contributed by atoms with Gasteiger partial charge in [0, 0.05) is 25.9 Å². The highest BCUT2D eigenvalue weighted by Crippen LogP contribution is 2.27. The van der Waals surface area contributed by atoms with Crippen molar-refractivity contribution in [2.24, 2.45) is 0 Å². The van der Waals surface area contributed by atoms with E-state index in [1.807, 2.05) is 60.4 Å². The van der Waals surface area contributed by atoms with Crippen molar-refractivity contribution >= 4 is 5.91 Å². The van der Waals surface area contributed by atoms with Gasteiger partial charge in [0.2, 0.25) is 5.91 Å². The molecule has 1 atom stereocenters. The maximum Gasteiger partial charge on any atom is 0.222 e. The number of amides is 1. The number of hydrogen-bond donors (Lipinski definition) is 1. The highest BCUT2D eigenvalue weighted by molar-refractivity contribution is 5.76. The molecule has 3 nitrogen and oxygen atoms in total.